The number of hydrogen-bond acceptors (Lipinski definition) is 6. The monoisotopic (exact) mass is 335 g/mol. The maximum atomic E-state index is 5.38. The zero-order valence-corrected chi connectivity index (χ0v) is 14.5. The molecular weight excluding hydrogens is 314 g/mol. The minimum Gasteiger partial charge on any atom is -0.495 e. The van der Waals surface area contributed by atoms with E-state index in [1.165, 1.54) is 0 Å². The molecule has 0 spiro atoms. The summed E-state index contributed by atoms with van der Waals surface area (Å²) in [6, 6.07) is 16.1. The van der Waals surface area contributed by atoms with Crippen molar-refractivity contribution in [3.05, 3.63) is 65.9 Å². The van der Waals surface area contributed by atoms with Crippen LogP contribution in [0.3, 0.4) is 0 Å². The first-order chi connectivity index (χ1) is 12.2. The molecule has 0 fully saturated rings. The van der Waals surface area contributed by atoms with Gasteiger partial charge >= 0.3 is 0 Å². The van der Waals surface area contributed by atoms with Gasteiger partial charge in [0, 0.05) is 0 Å². The Hall–Kier alpha value is -3.15. The van der Waals surface area contributed by atoms with E-state index in [4.69, 9.17) is 4.74 Å². The molecule has 0 aliphatic heterocycles. The van der Waals surface area contributed by atoms with Gasteiger partial charge in [0.05, 0.1) is 25.0 Å². The van der Waals surface area contributed by atoms with Gasteiger partial charge in [-0.3, -0.25) is 0 Å². The Morgan fingerprint density at radius 2 is 1.88 bits per heavy atom. The van der Waals surface area contributed by atoms with Crippen molar-refractivity contribution >= 4 is 17.5 Å². The van der Waals surface area contributed by atoms with Crippen LogP contribution in [-0.4, -0.2) is 22.3 Å². The second-order valence-electron chi connectivity index (χ2n) is 5.77. The summed E-state index contributed by atoms with van der Waals surface area (Å²) in [7, 11) is 1.64. The lowest BCUT2D eigenvalue weighted by Gasteiger charge is -2.15. The first-order valence-corrected chi connectivity index (χ1v) is 8.08. The second-order valence-corrected chi connectivity index (χ2v) is 5.77. The van der Waals surface area contributed by atoms with Crippen molar-refractivity contribution in [1.29, 1.82) is 0 Å². The molecule has 0 bridgehead atoms. The van der Waals surface area contributed by atoms with Crippen molar-refractivity contribution in [1.82, 2.24) is 15.2 Å². The molecule has 6 heteroatoms. The molecule has 0 amide bonds. The van der Waals surface area contributed by atoms with Crippen LogP contribution in [0.15, 0.2) is 54.7 Å². The van der Waals surface area contributed by atoms with E-state index in [1.54, 1.807) is 13.3 Å². The van der Waals surface area contributed by atoms with Gasteiger partial charge in [-0.05, 0) is 37.1 Å². The van der Waals surface area contributed by atoms with Gasteiger partial charge in [0.25, 0.3) is 0 Å². The van der Waals surface area contributed by atoms with E-state index in [2.05, 4.69) is 44.9 Å². The zero-order valence-electron chi connectivity index (χ0n) is 14.5. The number of ether oxygens (including phenoxy) is 1. The molecule has 1 unspecified atom stereocenters. The summed E-state index contributed by atoms with van der Waals surface area (Å²) < 4.78 is 5.38. The van der Waals surface area contributed by atoms with Gasteiger partial charge in [-0.1, -0.05) is 36.4 Å². The first kappa shape index (κ1) is 16.7. The molecule has 128 valence electrons. The fraction of sp³-hybridized carbons (Fsp3) is 0.211. The third-order valence-corrected chi connectivity index (χ3v) is 3.82. The Labute approximate surface area is 147 Å². The van der Waals surface area contributed by atoms with Crippen molar-refractivity contribution < 1.29 is 4.74 Å². The normalized spacial score (nSPS) is 11.6. The molecule has 0 radical (unpaired) electrons. The van der Waals surface area contributed by atoms with Gasteiger partial charge in [0.1, 0.15) is 5.75 Å². The SMILES string of the molecule is COc1ccc(C)cc1Nc1cnnc(NC(C)c2ccccc2)n1. The zero-order chi connectivity index (χ0) is 17.6. The molecule has 3 aromatic rings. The van der Waals surface area contributed by atoms with Gasteiger partial charge < -0.3 is 15.4 Å². The Morgan fingerprint density at radius 1 is 1.08 bits per heavy atom. The van der Waals surface area contributed by atoms with Crippen LogP contribution in [-0.2, 0) is 0 Å². The van der Waals surface area contributed by atoms with E-state index in [0.29, 0.717) is 11.8 Å². The first-order valence-electron chi connectivity index (χ1n) is 8.08. The van der Waals surface area contributed by atoms with E-state index < -0.39 is 0 Å². The van der Waals surface area contributed by atoms with Gasteiger partial charge in [0.2, 0.25) is 5.95 Å². The minimum atomic E-state index is 0.0757. The maximum absolute atomic E-state index is 5.38. The van der Waals surface area contributed by atoms with Crippen LogP contribution in [0, 0.1) is 6.92 Å². The molecule has 1 atom stereocenters. The molecule has 2 aromatic carbocycles. The van der Waals surface area contributed by atoms with E-state index >= 15 is 0 Å². The third kappa shape index (κ3) is 4.23. The fourth-order valence-corrected chi connectivity index (χ4v) is 2.50. The Morgan fingerprint density at radius 3 is 2.64 bits per heavy atom. The number of methoxy groups -OCH3 is 1. The highest BCUT2D eigenvalue weighted by Crippen LogP contribution is 2.28. The Balaban J connectivity index is 1.77. The third-order valence-electron chi connectivity index (χ3n) is 3.82. The van der Waals surface area contributed by atoms with Crippen molar-refractivity contribution in [3.8, 4) is 5.75 Å². The summed E-state index contributed by atoms with van der Waals surface area (Å²) in [6.45, 7) is 4.08. The predicted octanol–water partition coefficient (Wildman–Crippen LogP) is 4.11. The van der Waals surface area contributed by atoms with Crippen molar-refractivity contribution in [2.24, 2.45) is 0 Å². The molecule has 6 nitrogen and oxygen atoms in total. The van der Waals surface area contributed by atoms with Gasteiger partial charge in [-0.15, -0.1) is 5.10 Å². The summed E-state index contributed by atoms with van der Waals surface area (Å²) >= 11 is 0. The molecule has 0 saturated heterocycles. The number of hydrogen-bond donors (Lipinski definition) is 2. The van der Waals surface area contributed by atoms with Gasteiger partial charge in [0.15, 0.2) is 5.82 Å². The van der Waals surface area contributed by atoms with Crippen molar-refractivity contribution in [2.75, 3.05) is 17.7 Å². The highest BCUT2D eigenvalue weighted by Gasteiger charge is 2.09. The van der Waals surface area contributed by atoms with E-state index in [1.807, 2.05) is 43.3 Å². The number of aryl methyl sites for hydroxylation is 1. The molecule has 0 aliphatic carbocycles. The maximum Gasteiger partial charge on any atom is 0.245 e. The second kappa shape index (κ2) is 7.61. The van der Waals surface area contributed by atoms with E-state index in [9.17, 15) is 0 Å². The van der Waals surface area contributed by atoms with Crippen LogP contribution in [0.25, 0.3) is 0 Å². The van der Waals surface area contributed by atoms with E-state index in [0.717, 1.165) is 22.6 Å². The standard InChI is InChI=1S/C19H21N5O/c1-13-9-10-17(25-3)16(11-13)22-18-12-20-24-19(23-18)21-14(2)15-7-5-4-6-8-15/h4-12,14H,1-3H3,(H2,21,22,23,24). The summed E-state index contributed by atoms with van der Waals surface area (Å²) in [5.74, 6) is 1.81. The van der Waals surface area contributed by atoms with Gasteiger partial charge in [-0.2, -0.15) is 10.1 Å². The van der Waals surface area contributed by atoms with Crippen LogP contribution >= 0.6 is 0 Å². The molecule has 3 rings (SSSR count). The van der Waals surface area contributed by atoms with Crippen molar-refractivity contribution in [3.63, 3.8) is 0 Å². The summed E-state index contributed by atoms with van der Waals surface area (Å²) in [4.78, 5) is 4.49. The fourth-order valence-electron chi connectivity index (χ4n) is 2.50. The number of anilines is 3. The molecule has 1 aromatic heterocycles. The van der Waals surface area contributed by atoms with Crippen LogP contribution < -0.4 is 15.4 Å². The van der Waals surface area contributed by atoms with Crippen LogP contribution in [0.4, 0.5) is 17.5 Å². The Kier molecular flexibility index (Phi) is 5.09. The van der Waals surface area contributed by atoms with Crippen molar-refractivity contribution in [2.45, 2.75) is 19.9 Å². The topological polar surface area (TPSA) is 72.0 Å². The highest BCUT2D eigenvalue weighted by atomic mass is 16.5. The van der Waals surface area contributed by atoms with Crippen LogP contribution in [0.5, 0.6) is 5.75 Å². The molecule has 25 heavy (non-hydrogen) atoms. The average molecular weight is 335 g/mol. The van der Waals surface area contributed by atoms with Crippen LogP contribution in [0.2, 0.25) is 0 Å². The van der Waals surface area contributed by atoms with E-state index in [-0.39, 0.29) is 6.04 Å². The number of aromatic nitrogens is 3. The summed E-state index contributed by atoms with van der Waals surface area (Å²) in [6.07, 6.45) is 1.58. The van der Waals surface area contributed by atoms with Crippen LogP contribution in [0.1, 0.15) is 24.1 Å². The molecule has 2 N–H and O–H groups in total. The smallest absolute Gasteiger partial charge is 0.245 e. The Bertz CT molecular complexity index is 838. The number of benzene rings is 2. The number of nitrogens with one attached hydrogen (secondary N) is 2. The summed E-state index contributed by atoms with van der Waals surface area (Å²) in [5.41, 5.74) is 3.12. The molecule has 0 saturated carbocycles. The highest BCUT2D eigenvalue weighted by molar-refractivity contribution is 5.65. The minimum absolute atomic E-state index is 0.0757. The summed E-state index contributed by atoms with van der Waals surface area (Å²) in [5, 5.41) is 14.6. The predicted molar refractivity (Wildman–Crippen MR) is 99.3 cm³/mol. The molecule has 0 aliphatic rings. The molecule has 1 heterocycles. The largest absolute Gasteiger partial charge is 0.495 e. The lowest BCUT2D eigenvalue weighted by Crippen LogP contribution is -2.11. The number of rotatable bonds is 6. The van der Waals surface area contributed by atoms with Gasteiger partial charge in [-0.25, -0.2) is 0 Å². The average Bonchev–Trinajstić information content (AvgIpc) is 2.63. The quantitative estimate of drug-likeness (QED) is 0.706. The molecular formula is C19H21N5O. The lowest BCUT2D eigenvalue weighted by atomic mass is 10.1. The lowest BCUT2D eigenvalue weighted by molar-refractivity contribution is 0.416. The number of nitrogens with zero attached hydrogens (tertiary/aromatic N) is 3.